The Morgan fingerprint density at radius 2 is 1.84 bits per heavy atom. The monoisotopic (exact) mass is 514 g/mol. The highest BCUT2D eigenvalue weighted by Gasteiger charge is 2.18. The summed E-state index contributed by atoms with van der Waals surface area (Å²) >= 11 is 1.28. The molecule has 1 N–H and O–H groups in total. The van der Waals surface area contributed by atoms with Gasteiger partial charge in [0.1, 0.15) is 5.75 Å². The lowest BCUT2D eigenvalue weighted by Gasteiger charge is -2.18. The van der Waals surface area contributed by atoms with Gasteiger partial charge in [0.25, 0.3) is 5.91 Å². The molecule has 0 bridgehead atoms. The molecule has 1 amide bonds. The highest BCUT2D eigenvalue weighted by molar-refractivity contribution is 7.99. The van der Waals surface area contributed by atoms with Crippen LogP contribution in [0.1, 0.15) is 38.8 Å². The van der Waals surface area contributed by atoms with Crippen molar-refractivity contribution in [3.63, 3.8) is 0 Å². The molecule has 0 radical (unpaired) electrons. The highest BCUT2D eigenvalue weighted by Crippen LogP contribution is 2.28. The Balaban J connectivity index is 1.46. The van der Waals surface area contributed by atoms with E-state index in [1.807, 2.05) is 60.0 Å². The van der Waals surface area contributed by atoms with Crippen LogP contribution in [0.2, 0.25) is 0 Å². The second-order valence-electron chi connectivity index (χ2n) is 9.26. The fourth-order valence-electron chi connectivity index (χ4n) is 3.55. The summed E-state index contributed by atoms with van der Waals surface area (Å²) in [6.45, 7) is 9.05. The summed E-state index contributed by atoms with van der Waals surface area (Å²) in [6, 6.07) is 19.6. The van der Waals surface area contributed by atoms with E-state index in [0.29, 0.717) is 17.6 Å². The number of rotatable bonds is 9. The van der Waals surface area contributed by atoms with Gasteiger partial charge in [0.15, 0.2) is 11.0 Å². The van der Waals surface area contributed by atoms with Gasteiger partial charge in [0, 0.05) is 23.6 Å². The van der Waals surface area contributed by atoms with E-state index in [2.05, 4.69) is 58.6 Å². The van der Waals surface area contributed by atoms with E-state index in [9.17, 15) is 4.79 Å². The van der Waals surface area contributed by atoms with Crippen LogP contribution in [0.3, 0.4) is 0 Å². The van der Waals surface area contributed by atoms with E-state index in [-0.39, 0.29) is 17.1 Å². The minimum absolute atomic E-state index is 0.0872. The molecule has 0 unspecified atom stereocenters. The van der Waals surface area contributed by atoms with Crippen molar-refractivity contribution in [3.8, 4) is 22.8 Å². The number of thioether (sulfide) groups is 1. The molecule has 2 aromatic heterocycles. The number of carbonyl (C=O) groups excluding carboxylic acids is 1. The zero-order valence-corrected chi connectivity index (χ0v) is 22.2. The second-order valence-corrected chi connectivity index (χ2v) is 10.2. The summed E-state index contributed by atoms with van der Waals surface area (Å²) in [5.41, 5.74) is 6.51. The average molecular weight is 515 g/mol. The summed E-state index contributed by atoms with van der Waals surface area (Å²) < 4.78 is 7.48. The quantitative estimate of drug-likeness (QED) is 0.186. The van der Waals surface area contributed by atoms with E-state index in [0.717, 1.165) is 22.6 Å². The number of hydrogen-bond donors (Lipinski definition) is 1. The molecule has 9 heteroatoms. The molecule has 0 aliphatic rings. The van der Waals surface area contributed by atoms with Gasteiger partial charge in [0.05, 0.1) is 18.6 Å². The zero-order valence-electron chi connectivity index (χ0n) is 21.4. The molecule has 8 nitrogen and oxygen atoms in total. The van der Waals surface area contributed by atoms with Crippen LogP contribution in [0.15, 0.2) is 83.3 Å². The number of nitrogens with zero attached hydrogens (tertiary/aromatic N) is 5. The van der Waals surface area contributed by atoms with Crippen LogP contribution in [0.25, 0.3) is 17.1 Å². The molecule has 0 aliphatic carbocycles. The normalized spacial score (nSPS) is 11.6. The van der Waals surface area contributed by atoms with Crippen molar-refractivity contribution in [1.82, 2.24) is 25.2 Å². The standard InChI is InChI=1S/C28H30N6O2S/c1-5-36-24-14-12-23(13-15-24)34-26(21-7-6-16-29-18-21)32-33-27(34)37-19-25(35)31-30-17-20-8-10-22(11-9-20)28(2,3)4/h6-18H,5,19H2,1-4H3,(H,31,35). The van der Waals surface area contributed by atoms with Crippen LogP contribution in [-0.2, 0) is 10.2 Å². The van der Waals surface area contributed by atoms with Crippen molar-refractivity contribution < 1.29 is 9.53 Å². The second kappa shape index (κ2) is 11.8. The first-order chi connectivity index (χ1) is 17.8. The van der Waals surface area contributed by atoms with Gasteiger partial charge in [-0.1, -0.05) is 56.8 Å². The summed E-state index contributed by atoms with van der Waals surface area (Å²) in [5, 5.41) is 13.4. The number of benzene rings is 2. The lowest BCUT2D eigenvalue weighted by molar-refractivity contribution is -0.118. The van der Waals surface area contributed by atoms with Crippen LogP contribution in [0.4, 0.5) is 0 Å². The molecule has 4 rings (SSSR count). The van der Waals surface area contributed by atoms with Gasteiger partial charge in [-0.3, -0.25) is 14.3 Å². The van der Waals surface area contributed by atoms with Gasteiger partial charge in [-0.15, -0.1) is 10.2 Å². The highest BCUT2D eigenvalue weighted by atomic mass is 32.2. The van der Waals surface area contributed by atoms with E-state index >= 15 is 0 Å². The molecule has 2 heterocycles. The molecular weight excluding hydrogens is 484 g/mol. The average Bonchev–Trinajstić information content (AvgIpc) is 3.32. The number of pyridine rings is 1. The first kappa shape index (κ1) is 26.1. The molecule has 0 fully saturated rings. The molecule has 0 saturated heterocycles. The molecule has 0 atom stereocenters. The Hall–Kier alpha value is -3.98. The summed E-state index contributed by atoms with van der Waals surface area (Å²) in [4.78, 5) is 16.7. The van der Waals surface area contributed by atoms with Gasteiger partial charge in [-0.2, -0.15) is 5.10 Å². The number of nitrogens with one attached hydrogen (secondary N) is 1. The minimum atomic E-state index is -0.239. The first-order valence-corrected chi connectivity index (χ1v) is 13.0. The minimum Gasteiger partial charge on any atom is -0.494 e. The molecule has 4 aromatic rings. The summed E-state index contributed by atoms with van der Waals surface area (Å²) in [7, 11) is 0. The molecule has 37 heavy (non-hydrogen) atoms. The van der Waals surface area contributed by atoms with E-state index in [1.54, 1.807) is 18.6 Å². The van der Waals surface area contributed by atoms with Crippen molar-refractivity contribution >= 4 is 23.9 Å². The van der Waals surface area contributed by atoms with Crippen LogP contribution >= 0.6 is 11.8 Å². The SMILES string of the molecule is CCOc1ccc(-n2c(SCC(=O)NN=Cc3ccc(C(C)(C)C)cc3)nnc2-c2cccnc2)cc1. The van der Waals surface area contributed by atoms with Gasteiger partial charge >= 0.3 is 0 Å². The molecule has 0 saturated carbocycles. The maximum absolute atomic E-state index is 12.5. The number of aromatic nitrogens is 4. The van der Waals surface area contributed by atoms with Crippen molar-refractivity contribution in [2.75, 3.05) is 12.4 Å². The number of carbonyl (C=O) groups is 1. The van der Waals surface area contributed by atoms with Crippen LogP contribution in [0.5, 0.6) is 5.75 Å². The maximum atomic E-state index is 12.5. The van der Waals surface area contributed by atoms with Gasteiger partial charge in [-0.25, -0.2) is 5.43 Å². The number of ether oxygens (including phenoxy) is 1. The third-order valence-electron chi connectivity index (χ3n) is 5.47. The van der Waals surface area contributed by atoms with Gasteiger partial charge < -0.3 is 4.74 Å². The molecule has 0 spiro atoms. The predicted molar refractivity (Wildman–Crippen MR) is 147 cm³/mol. The molecule has 2 aromatic carbocycles. The third-order valence-corrected chi connectivity index (χ3v) is 6.40. The molecular formula is C28H30N6O2S. The van der Waals surface area contributed by atoms with Gasteiger partial charge in [-0.05, 0) is 59.9 Å². The lowest BCUT2D eigenvalue weighted by atomic mass is 9.87. The van der Waals surface area contributed by atoms with Crippen LogP contribution in [-0.4, -0.2) is 44.2 Å². The van der Waals surface area contributed by atoms with Gasteiger partial charge in [0.2, 0.25) is 0 Å². The van der Waals surface area contributed by atoms with Crippen molar-refractivity contribution in [3.05, 3.63) is 84.2 Å². The van der Waals surface area contributed by atoms with E-state index in [1.165, 1.54) is 17.3 Å². The zero-order chi connectivity index (χ0) is 26.3. The Labute approximate surface area is 221 Å². The van der Waals surface area contributed by atoms with Crippen molar-refractivity contribution in [2.45, 2.75) is 38.3 Å². The Kier molecular flexibility index (Phi) is 8.35. The maximum Gasteiger partial charge on any atom is 0.250 e. The third kappa shape index (κ3) is 6.83. The Bertz CT molecular complexity index is 1340. The fourth-order valence-corrected chi connectivity index (χ4v) is 4.29. The molecule has 190 valence electrons. The first-order valence-electron chi connectivity index (χ1n) is 12.0. The fraction of sp³-hybridized carbons (Fsp3) is 0.250. The topological polar surface area (TPSA) is 94.3 Å². The number of hydrogen-bond acceptors (Lipinski definition) is 7. The van der Waals surface area contributed by atoms with Crippen LogP contribution in [0, 0.1) is 0 Å². The van der Waals surface area contributed by atoms with E-state index in [4.69, 9.17) is 4.74 Å². The van der Waals surface area contributed by atoms with Crippen molar-refractivity contribution in [1.29, 1.82) is 0 Å². The predicted octanol–water partition coefficient (Wildman–Crippen LogP) is 5.27. The summed E-state index contributed by atoms with van der Waals surface area (Å²) in [6.07, 6.45) is 5.08. The summed E-state index contributed by atoms with van der Waals surface area (Å²) in [5.74, 6) is 1.30. The number of amides is 1. The smallest absolute Gasteiger partial charge is 0.250 e. The van der Waals surface area contributed by atoms with Crippen molar-refractivity contribution in [2.24, 2.45) is 5.10 Å². The Morgan fingerprint density at radius 3 is 2.49 bits per heavy atom. The molecule has 0 aliphatic heterocycles. The van der Waals surface area contributed by atoms with E-state index < -0.39 is 0 Å². The van der Waals surface area contributed by atoms with Crippen LogP contribution < -0.4 is 10.2 Å². The number of hydrazone groups is 1. The lowest BCUT2D eigenvalue weighted by Crippen LogP contribution is -2.20. The Morgan fingerprint density at radius 1 is 1.08 bits per heavy atom. The largest absolute Gasteiger partial charge is 0.494 e.